The van der Waals surface area contributed by atoms with E-state index in [0.29, 0.717) is 35.2 Å². The predicted octanol–water partition coefficient (Wildman–Crippen LogP) is 0.561. The smallest absolute Gasteiger partial charge is 0.190 e. The summed E-state index contributed by atoms with van der Waals surface area (Å²) >= 11 is 0. The largest absolute Gasteiger partial charge is 0.494 e. The van der Waals surface area contributed by atoms with Crippen molar-refractivity contribution in [1.29, 1.82) is 0 Å². The van der Waals surface area contributed by atoms with Gasteiger partial charge in [-0.15, -0.1) is 0 Å². The first-order valence-corrected chi connectivity index (χ1v) is 5.73. The van der Waals surface area contributed by atoms with E-state index < -0.39 is 0 Å². The van der Waals surface area contributed by atoms with Crippen molar-refractivity contribution in [3.8, 4) is 17.2 Å². The number of likely N-dealkylation sites (N-methyl/N-ethyl adjacent to an activating group) is 1. The fraction of sp³-hybridized carbons (Fsp3) is 0.500. The molecule has 4 N–H and O–H groups in total. The Balaban J connectivity index is 2.32. The van der Waals surface area contributed by atoms with Gasteiger partial charge < -0.3 is 30.6 Å². The number of methoxy groups -OCH3 is 1. The normalized spacial score (nSPS) is 17.9. The van der Waals surface area contributed by atoms with E-state index in [1.807, 2.05) is 19.0 Å². The maximum Gasteiger partial charge on any atom is 0.190 e. The van der Waals surface area contributed by atoms with Crippen LogP contribution in [0.4, 0.5) is 11.4 Å². The first kappa shape index (κ1) is 12.6. The average Bonchev–Trinajstić information content (AvgIpc) is 2.33. The molecule has 1 unspecified atom stereocenters. The molecule has 0 saturated heterocycles. The van der Waals surface area contributed by atoms with Crippen molar-refractivity contribution >= 4 is 11.4 Å². The van der Waals surface area contributed by atoms with Gasteiger partial charge in [0.2, 0.25) is 0 Å². The predicted molar refractivity (Wildman–Crippen MR) is 70.3 cm³/mol. The maximum absolute atomic E-state index is 5.98. The van der Waals surface area contributed by atoms with Gasteiger partial charge in [0.25, 0.3) is 0 Å². The fourth-order valence-corrected chi connectivity index (χ4v) is 1.96. The summed E-state index contributed by atoms with van der Waals surface area (Å²) in [5.41, 5.74) is 12.8. The minimum Gasteiger partial charge on any atom is -0.494 e. The Morgan fingerprint density at radius 3 is 2.72 bits per heavy atom. The summed E-state index contributed by atoms with van der Waals surface area (Å²) in [5.74, 6) is 1.48. The lowest BCUT2D eigenvalue weighted by Crippen LogP contribution is -2.38. The van der Waals surface area contributed by atoms with Gasteiger partial charge in [0.1, 0.15) is 24.1 Å². The molecule has 0 saturated carbocycles. The van der Waals surface area contributed by atoms with Gasteiger partial charge in [0.05, 0.1) is 12.8 Å². The zero-order valence-electron chi connectivity index (χ0n) is 10.9. The van der Waals surface area contributed by atoms with Crippen LogP contribution in [0.1, 0.15) is 0 Å². The number of hydrogen-bond donors (Lipinski definition) is 2. The molecule has 1 heterocycles. The first-order chi connectivity index (χ1) is 8.52. The molecule has 0 fully saturated rings. The van der Waals surface area contributed by atoms with E-state index in [0.717, 1.165) is 6.54 Å². The first-order valence-electron chi connectivity index (χ1n) is 5.73. The second kappa shape index (κ2) is 4.81. The van der Waals surface area contributed by atoms with Crippen molar-refractivity contribution in [3.63, 3.8) is 0 Å². The molecule has 18 heavy (non-hydrogen) atoms. The van der Waals surface area contributed by atoms with Crippen molar-refractivity contribution < 1.29 is 14.2 Å². The molecular formula is C12H19N3O3. The van der Waals surface area contributed by atoms with Crippen LogP contribution in [0.25, 0.3) is 0 Å². The van der Waals surface area contributed by atoms with Crippen LogP contribution < -0.4 is 25.7 Å². The summed E-state index contributed by atoms with van der Waals surface area (Å²) in [4.78, 5) is 2.03. The Labute approximate surface area is 106 Å². The van der Waals surface area contributed by atoms with E-state index in [-0.39, 0.29) is 6.10 Å². The molecule has 2 rings (SSSR count). The second-order valence-corrected chi connectivity index (χ2v) is 4.55. The highest BCUT2D eigenvalue weighted by atomic mass is 16.6. The maximum atomic E-state index is 5.98. The number of nitrogen functional groups attached to an aromatic ring is 2. The molecule has 0 spiro atoms. The summed E-state index contributed by atoms with van der Waals surface area (Å²) in [6.45, 7) is 1.21. The number of rotatable bonds is 3. The van der Waals surface area contributed by atoms with Crippen LogP contribution in [0.15, 0.2) is 6.07 Å². The quantitative estimate of drug-likeness (QED) is 0.766. The molecule has 6 nitrogen and oxygen atoms in total. The van der Waals surface area contributed by atoms with E-state index >= 15 is 0 Å². The number of fused-ring (bicyclic) bond motifs is 1. The molecule has 0 aliphatic carbocycles. The summed E-state index contributed by atoms with van der Waals surface area (Å²) < 4.78 is 16.6. The number of hydrogen-bond acceptors (Lipinski definition) is 6. The Kier molecular flexibility index (Phi) is 3.38. The highest BCUT2D eigenvalue weighted by Crippen LogP contribution is 2.46. The van der Waals surface area contributed by atoms with Crippen LogP contribution in [0.3, 0.4) is 0 Å². The van der Waals surface area contributed by atoms with E-state index in [1.165, 1.54) is 0 Å². The number of ether oxygens (including phenoxy) is 3. The number of anilines is 2. The molecule has 1 aromatic carbocycles. The van der Waals surface area contributed by atoms with E-state index in [9.17, 15) is 0 Å². The van der Waals surface area contributed by atoms with Crippen LogP contribution in [0.2, 0.25) is 0 Å². The van der Waals surface area contributed by atoms with Crippen LogP contribution in [-0.2, 0) is 0 Å². The molecule has 1 aliphatic heterocycles. The van der Waals surface area contributed by atoms with Gasteiger partial charge in [-0.25, -0.2) is 0 Å². The zero-order chi connectivity index (χ0) is 13.3. The summed E-state index contributed by atoms with van der Waals surface area (Å²) in [6, 6.07) is 1.64. The van der Waals surface area contributed by atoms with E-state index in [2.05, 4.69) is 0 Å². The number of nitrogens with zero attached hydrogens (tertiary/aromatic N) is 1. The number of nitrogens with two attached hydrogens (primary N) is 2. The standard InChI is InChI=1S/C12H19N3O3/c1-15(2)5-7-6-17-11-8(13)4-9(16-3)10(14)12(11)18-7/h4,7H,5-6,13-14H2,1-3H3. The second-order valence-electron chi connectivity index (χ2n) is 4.55. The molecule has 0 radical (unpaired) electrons. The van der Waals surface area contributed by atoms with Crippen molar-refractivity contribution in [2.75, 3.05) is 45.8 Å². The van der Waals surface area contributed by atoms with Crippen LogP contribution >= 0.6 is 0 Å². The average molecular weight is 253 g/mol. The van der Waals surface area contributed by atoms with Gasteiger partial charge in [-0.3, -0.25) is 0 Å². The van der Waals surface area contributed by atoms with Crippen molar-refractivity contribution in [2.24, 2.45) is 0 Å². The van der Waals surface area contributed by atoms with Gasteiger partial charge in [-0.2, -0.15) is 0 Å². The Hall–Kier alpha value is -1.82. The topological polar surface area (TPSA) is 83.0 Å². The monoisotopic (exact) mass is 253 g/mol. The SMILES string of the molecule is COc1cc(N)c2c(c1N)OC(CN(C)C)CO2. The lowest BCUT2D eigenvalue weighted by Gasteiger charge is -2.30. The van der Waals surface area contributed by atoms with E-state index in [4.69, 9.17) is 25.7 Å². The molecular weight excluding hydrogens is 234 g/mol. The zero-order valence-corrected chi connectivity index (χ0v) is 10.9. The van der Waals surface area contributed by atoms with Gasteiger partial charge in [0.15, 0.2) is 11.5 Å². The summed E-state index contributed by atoms with van der Waals surface area (Å²) in [5, 5.41) is 0. The molecule has 0 bridgehead atoms. The lowest BCUT2D eigenvalue weighted by molar-refractivity contribution is 0.0723. The van der Waals surface area contributed by atoms with Gasteiger partial charge in [0, 0.05) is 12.6 Å². The third-order valence-corrected chi connectivity index (χ3v) is 2.75. The van der Waals surface area contributed by atoms with Gasteiger partial charge in [-0.1, -0.05) is 0 Å². The minimum absolute atomic E-state index is 0.0682. The molecule has 0 aromatic heterocycles. The molecule has 1 aromatic rings. The highest BCUT2D eigenvalue weighted by molar-refractivity contribution is 5.77. The number of benzene rings is 1. The summed E-state index contributed by atoms with van der Waals surface area (Å²) in [6.07, 6.45) is -0.0682. The molecule has 1 aliphatic rings. The van der Waals surface area contributed by atoms with Gasteiger partial charge >= 0.3 is 0 Å². The Bertz CT molecular complexity index is 449. The summed E-state index contributed by atoms with van der Waals surface area (Å²) in [7, 11) is 5.49. The third-order valence-electron chi connectivity index (χ3n) is 2.75. The Morgan fingerprint density at radius 2 is 2.11 bits per heavy atom. The minimum atomic E-state index is -0.0682. The lowest BCUT2D eigenvalue weighted by atomic mass is 10.2. The fourth-order valence-electron chi connectivity index (χ4n) is 1.96. The van der Waals surface area contributed by atoms with Gasteiger partial charge in [-0.05, 0) is 14.1 Å². The van der Waals surface area contributed by atoms with Crippen molar-refractivity contribution in [2.45, 2.75) is 6.10 Å². The van der Waals surface area contributed by atoms with Crippen molar-refractivity contribution in [3.05, 3.63) is 6.07 Å². The Morgan fingerprint density at radius 1 is 1.39 bits per heavy atom. The third kappa shape index (κ3) is 2.24. The van der Waals surface area contributed by atoms with Crippen LogP contribution in [0, 0.1) is 0 Å². The van der Waals surface area contributed by atoms with Crippen LogP contribution in [0.5, 0.6) is 17.2 Å². The van der Waals surface area contributed by atoms with Crippen LogP contribution in [-0.4, -0.2) is 45.4 Å². The highest BCUT2D eigenvalue weighted by Gasteiger charge is 2.27. The van der Waals surface area contributed by atoms with Crippen molar-refractivity contribution in [1.82, 2.24) is 4.90 Å². The molecule has 0 amide bonds. The molecule has 1 atom stereocenters. The molecule has 6 heteroatoms. The molecule has 100 valence electrons. The van der Waals surface area contributed by atoms with E-state index in [1.54, 1.807) is 13.2 Å².